The lowest BCUT2D eigenvalue weighted by Crippen LogP contribution is -2.55. The largest absolute Gasteiger partial charge is 0.433 e. The second kappa shape index (κ2) is 11.0. The number of carbonyl (C=O) groups excluding carboxylic acids is 1. The molecule has 1 amide bonds. The fraction of sp³-hybridized carbons (Fsp3) is 0.800. The number of carbonyl (C=O) groups is 1. The lowest BCUT2D eigenvalue weighted by Gasteiger charge is -2.42. The second-order valence-corrected chi connectivity index (χ2v) is 10.6. The summed E-state index contributed by atoms with van der Waals surface area (Å²) in [7, 11) is 1.70. The monoisotopic (exact) mass is 527 g/mol. The molecule has 12 heteroatoms. The Bertz CT molecular complexity index is 939. The van der Waals surface area contributed by atoms with Crippen LogP contribution in [0.25, 0.3) is 0 Å². The molecule has 4 aliphatic rings. The van der Waals surface area contributed by atoms with Crippen LogP contribution in [-0.2, 0) is 25.2 Å². The summed E-state index contributed by atoms with van der Waals surface area (Å²) in [4.78, 5) is 25.5. The van der Waals surface area contributed by atoms with E-state index in [1.165, 1.54) is 0 Å². The van der Waals surface area contributed by atoms with Crippen molar-refractivity contribution in [2.24, 2.45) is 11.3 Å². The maximum atomic E-state index is 14.1. The van der Waals surface area contributed by atoms with E-state index in [1.54, 1.807) is 12.0 Å². The van der Waals surface area contributed by atoms with Gasteiger partial charge in [-0.15, -0.1) is 0 Å². The van der Waals surface area contributed by atoms with E-state index in [0.717, 1.165) is 44.4 Å². The van der Waals surface area contributed by atoms with Gasteiger partial charge in [0.15, 0.2) is 0 Å². The van der Waals surface area contributed by atoms with E-state index >= 15 is 0 Å². The standard InChI is InChI=1S/C25H36F3N5O4/c1-35-20-16-37-13-5-19(20)30-18-2-6-24(14-18,17-4-12-36-15-17)22(34)32-8-10-33(11-9-32)23-29-7-3-21(31-23)25(26,27)28/h3,7,17-20,30H,2,4-6,8-16H2,1H3/t17?,18?,19-,20+,24?/m1/s1. The van der Waals surface area contributed by atoms with Crippen LogP contribution in [0.1, 0.15) is 37.8 Å². The molecule has 1 aromatic heterocycles. The number of nitrogens with one attached hydrogen (secondary N) is 1. The molecular weight excluding hydrogens is 491 g/mol. The molecule has 0 radical (unpaired) electrons. The Morgan fingerprint density at radius 3 is 2.59 bits per heavy atom. The molecule has 0 bridgehead atoms. The second-order valence-electron chi connectivity index (χ2n) is 10.6. The van der Waals surface area contributed by atoms with Gasteiger partial charge in [-0.05, 0) is 44.1 Å². The van der Waals surface area contributed by atoms with Crippen molar-refractivity contribution in [3.63, 3.8) is 0 Å². The normalized spacial score (nSPS) is 33.2. The highest BCUT2D eigenvalue weighted by Crippen LogP contribution is 2.49. The molecule has 0 spiro atoms. The summed E-state index contributed by atoms with van der Waals surface area (Å²) in [6.45, 7) is 4.17. The molecule has 1 aromatic rings. The van der Waals surface area contributed by atoms with Gasteiger partial charge >= 0.3 is 6.18 Å². The van der Waals surface area contributed by atoms with Gasteiger partial charge in [-0.1, -0.05) is 0 Å². The van der Waals surface area contributed by atoms with Gasteiger partial charge in [0.25, 0.3) is 0 Å². The van der Waals surface area contributed by atoms with Crippen LogP contribution < -0.4 is 10.2 Å². The summed E-state index contributed by atoms with van der Waals surface area (Å²) < 4.78 is 56.2. The number of piperazine rings is 1. The van der Waals surface area contributed by atoms with Gasteiger partial charge in [-0.2, -0.15) is 13.2 Å². The minimum absolute atomic E-state index is 0.000380. The molecule has 1 aliphatic carbocycles. The van der Waals surface area contributed by atoms with Crippen molar-refractivity contribution in [2.45, 2.75) is 56.5 Å². The van der Waals surface area contributed by atoms with E-state index in [0.29, 0.717) is 52.6 Å². The first-order chi connectivity index (χ1) is 17.8. The highest BCUT2D eigenvalue weighted by molar-refractivity contribution is 5.84. The fourth-order valence-electron chi connectivity index (χ4n) is 6.45. The minimum Gasteiger partial charge on any atom is -0.381 e. The molecule has 4 heterocycles. The number of alkyl halides is 3. The van der Waals surface area contributed by atoms with Gasteiger partial charge in [0, 0.05) is 64.8 Å². The van der Waals surface area contributed by atoms with Crippen molar-refractivity contribution >= 4 is 11.9 Å². The number of anilines is 1. The summed E-state index contributed by atoms with van der Waals surface area (Å²) in [5.74, 6) is 0.367. The van der Waals surface area contributed by atoms with E-state index in [4.69, 9.17) is 14.2 Å². The molecule has 1 saturated carbocycles. The molecule has 0 aromatic carbocycles. The number of hydrogen-bond donors (Lipinski definition) is 1. The number of methoxy groups -OCH3 is 1. The van der Waals surface area contributed by atoms with Crippen molar-refractivity contribution in [1.29, 1.82) is 0 Å². The molecule has 3 saturated heterocycles. The first-order valence-electron chi connectivity index (χ1n) is 13.2. The predicted octanol–water partition coefficient (Wildman–Crippen LogP) is 2.11. The van der Waals surface area contributed by atoms with Gasteiger partial charge in [-0.25, -0.2) is 9.97 Å². The molecule has 5 rings (SSSR count). The third-order valence-electron chi connectivity index (χ3n) is 8.53. The molecule has 1 N–H and O–H groups in total. The van der Waals surface area contributed by atoms with Crippen molar-refractivity contribution in [3.05, 3.63) is 18.0 Å². The smallest absolute Gasteiger partial charge is 0.381 e. The predicted molar refractivity (Wildman–Crippen MR) is 128 cm³/mol. The topological polar surface area (TPSA) is 89.1 Å². The van der Waals surface area contributed by atoms with Crippen LogP contribution in [0.15, 0.2) is 12.3 Å². The van der Waals surface area contributed by atoms with Crippen LogP contribution in [0.2, 0.25) is 0 Å². The average molecular weight is 528 g/mol. The summed E-state index contributed by atoms with van der Waals surface area (Å²) in [5, 5.41) is 3.77. The molecule has 206 valence electrons. The van der Waals surface area contributed by atoms with E-state index in [-0.39, 0.29) is 36.0 Å². The highest BCUT2D eigenvalue weighted by Gasteiger charge is 2.53. The number of halogens is 3. The number of aromatic nitrogens is 2. The Hall–Kier alpha value is -2.02. The van der Waals surface area contributed by atoms with E-state index in [1.807, 2.05) is 4.90 Å². The van der Waals surface area contributed by atoms with Gasteiger partial charge in [0.1, 0.15) is 5.69 Å². The van der Waals surface area contributed by atoms with Gasteiger partial charge < -0.3 is 29.3 Å². The molecule has 9 nitrogen and oxygen atoms in total. The molecule has 4 fully saturated rings. The lowest BCUT2D eigenvalue weighted by molar-refractivity contribution is -0.146. The first kappa shape index (κ1) is 26.6. The van der Waals surface area contributed by atoms with Crippen LogP contribution in [0.3, 0.4) is 0 Å². The number of rotatable bonds is 6. The summed E-state index contributed by atoms with van der Waals surface area (Å²) in [5.41, 5.74) is -1.45. The Balaban J connectivity index is 1.25. The Morgan fingerprint density at radius 1 is 1.14 bits per heavy atom. The zero-order chi connectivity index (χ0) is 26.0. The SMILES string of the molecule is CO[C@H]1COCC[C@H]1NC1CCC(C(=O)N2CCN(c3nccc(C(F)(F)F)n3)CC2)(C2CCOC2)C1. The van der Waals surface area contributed by atoms with Crippen molar-refractivity contribution in [3.8, 4) is 0 Å². The summed E-state index contributed by atoms with van der Waals surface area (Å²) in [6.07, 6.45) is 0.827. The molecule has 37 heavy (non-hydrogen) atoms. The first-order valence-corrected chi connectivity index (χ1v) is 13.2. The fourth-order valence-corrected chi connectivity index (χ4v) is 6.45. The van der Waals surface area contributed by atoms with E-state index < -0.39 is 17.3 Å². The summed E-state index contributed by atoms with van der Waals surface area (Å²) in [6, 6.07) is 1.28. The number of nitrogens with zero attached hydrogens (tertiary/aromatic N) is 4. The van der Waals surface area contributed by atoms with Gasteiger partial charge in [0.05, 0.1) is 24.7 Å². The van der Waals surface area contributed by atoms with Crippen molar-refractivity contribution < 1.29 is 32.2 Å². The van der Waals surface area contributed by atoms with Crippen molar-refractivity contribution in [1.82, 2.24) is 20.2 Å². The minimum atomic E-state index is -4.52. The average Bonchev–Trinajstić information content (AvgIpc) is 3.60. The van der Waals surface area contributed by atoms with Crippen LogP contribution in [0.5, 0.6) is 0 Å². The van der Waals surface area contributed by atoms with Crippen LogP contribution in [0, 0.1) is 11.3 Å². The Kier molecular flexibility index (Phi) is 7.90. The lowest BCUT2D eigenvalue weighted by atomic mass is 9.72. The molecule has 3 unspecified atom stereocenters. The quantitative estimate of drug-likeness (QED) is 0.602. The molecular formula is C25H36F3N5O4. The highest BCUT2D eigenvalue weighted by atomic mass is 19.4. The maximum Gasteiger partial charge on any atom is 0.433 e. The summed E-state index contributed by atoms with van der Waals surface area (Å²) >= 11 is 0. The number of ether oxygens (including phenoxy) is 3. The van der Waals surface area contributed by atoms with Crippen molar-refractivity contribution in [2.75, 3.05) is 64.6 Å². The molecule has 5 atom stereocenters. The van der Waals surface area contributed by atoms with Gasteiger partial charge in [0.2, 0.25) is 11.9 Å². The molecule has 3 aliphatic heterocycles. The number of amides is 1. The van der Waals surface area contributed by atoms with Crippen LogP contribution >= 0.6 is 0 Å². The van der Waals surface area contributed by atoms with Crippen LogP contribution in [0.4, 0.5) is 19.1 Å². The van der Waals surface area contributed by atoms with Crippen LogP contribution in [-0.4, -0.2) is 98.7 Å². The van der Waals surface area contributed by atoms with Gasteiger partial charge in [-0.3, -0.25) is 4.79 Å². The zero-order valence-corrected chi connectivity index (χ0v) is 21.2. The van der Waals surface area contributed by atoms with E-state index in [9.17, 15) is 18.0 Å². The Morgan fingerprint density at radius 2 is 1.89 bits per heavy atom. The maximum absolute atomic E-state index is 14.1. The zero-order valence-electron chi connectivity index (χ0n) is 21.2. The third kappa shape index (κ3) is 5.57. The van der Waals surface area contributed by atoms with E-state index in [2.05, 4.69) is 15.3 Å². The Labute approximate surface area is 215 Å². The number of hydrogen-bond acceptors (Lipinski definition) is 8. The third-order valence-corrected chi connectivity index (χ3v) is 8.53.